The number of hydrogen-bond acceptors (Lipinski definition) is 10. The van der Waals surface area contributed by atoms with Crippen molar-refractivity contribution < 1.29 is 23.9 Å². The van der Waals surface area contributed by atoms with Gasteiger partial charge in [0.15, 0.2) is 0 Å². The molecule has 1 amide bonds. The molecule has 0 radical (unpaired) electrons. The summed E-state index contributed by atoms with van der Waals surface area (Å²) in [5, 5.41) is 11.3. The summed E-state index contributed by atoms with van der Waals surface area (Å²) < 4.78 is 10.4. The van der Waals surface area contributed by atoms with Crippen molar-refractivity contribution in [1.29, 1.82) is 0 Å². The fourth-order valence-electron chi connectivity index (χ4n) is 3.73. The quantitative estimate of drug-likeness (QED) is 0.212. The van der Waals surface area contributed by atoms with Crippen LogP contribution in [0.2, 0.25) is 0 Å². The second kappa shape index (κ2) is 13.7. The Morgan fingerprint density at radius 3 is 2.68 bits per heavy atom. The van der Waals surface area contributed by atoms with Crippen LogP contribution in [0.3, 0.4) is 0 Å². The van der Waals surface area contributed by atoms with E-state index in [1.165, 1.54) is 25.4 Å². The van der Waals surface area contributed by atoms with E-state index in [-0.39, 0.29) is 23.3 Å². The van der Waals surface area contributed by atoms with Gasteiger partial charge in [-0.05, 0) is 46.8 Å². The molecule has 0 bridgehead atoms. The van der Waals surface area contributed by atoms with Crippen molar-refractivity contribution in [1.82, 2.24) is 10.0 Å². The number of ether oxygens (including phenoxy) is 2. The molecule has 0 saturated carbocycles. The molecule has 1 unspecified atom stereocenters. The molecule has 198 valence electrons. The Bertz CT molecular complexity index is 1350. The lowest BCUT2D eigenvalue weighted by atomic mass is 10.1. The van der Waals surface area contributed by atoms with Crippen molar-refractivity contribution in [3.8, 4) is 11.8 Å². The number of hydrogen-bond donors (Lipinski definition) is 0. The van der Waals surface area contributed by atoms with Gasteiger partial charge in [-0.1, -0.05) is 11.8 Å². The van der Waals surface area contributed by atoms with Crippen LogP contribution >= 0.6 is 45.8 Å². The molecular formula is C27H26N2O5S4. The molecular weight excluding hydrogens is 561 g/mol. The minimum absolute atomic E-state index is 0.0756. The van der Waals surface area contributed by atoms with Crippen LogP contribution in [-0.4, -0.2) is 53.5 Å². The minimum atomic E-state index is -0.362. The molecule has 0 aliphatic carbocycles. The first-order valence-corrected chi connectivity index (χ1v) is 15.3. The summed E-state index contributed by atoms with van der Waals surface area (Å²) in [4.78, 5) is 38.8. The molecule has 3 aromatic rings. The number of rotatable bonds is 10. The van der Waals surface area contributed by atoms with E-state index in [0.29, 0.717) is 37.2 Å². The van der Waals surface area contributed by atoms with E-state index in [0.717, 1.165) is 32.6 Å². The number of thioether (sulfide) groups is 1. The van der Waals surface area contributed by atoms with Crippen molar-refractivity contribution in [3.05, 3.63) is 77.8 Å². The van der Waals surface area contributed by atoms with Crippen molar-refractivity contribution in [2.24, 2.45) is 0 Å². The molecule has 0 aromatic carbocycles. The van der Waals surface area contributed by atoms with Crippen LogP contribution in [-0.2, 0) is 27.1 Å². The molecule has 1 aliphatic heterocycles. The normalized spacial score (nSPS) is 13.7. The van der Waals surface area contributed by atoms with Gasteiger partial charge in [-0.3, -0.25) is 14.6 Å². The first-order valence-electron chi connectivity index (χ1n) is 11.8. The number of esters is 2. The number of hydrazine groups is 1. The summed E-state index contributed by atoms with van der Waals surface area (Å²) >= 11 is 5.71. The topological polar surface area (TPSA) is 76.2 Å². The summed E-state index contributed by atoms with van der Waals surface area (Å²) in [7, 11) is 1.36. The van der Waals surface area contributed by atoms with E-state index < -0.39 is 0 Å². The van der Waals surface area contributed by atoms with Gasteiger partial charge < -0.3 is 9.47 Å². The van der Waals surface area contributed by atoms with Crippen LogP contribution in [0.1, 0.15) is 43.9 Å². The van der Waals surface area contributed by atoms with Gasteiger partial charge >= 0.3 is 17.2 Å². The van der Waals surface area contributed by atoms with E-state index in [2.05, 4.69) is 11.8 Å². The van der Waals surface area contributed by atoms with Gasteiger partial charge in [-0.25, -0.2) is 9.80 Å². The first kappa shape index (κ1) is 28.0. The number of thiophene rings is 3. The maximum atomic E-state index is 12.7. The highest BCUT2D eigenvalue weighted by atomic mass is 32.2. The zero-order valence-corrected chi connectivity index (χ0v) is 24.1. The average Bonchev–Trinajstić information content (AvgIpc) is 3.67. The summed E-state index contributed by atoms with van der Waals surface area (Å²) in [6.07, 6.45) is 3.28. The number of carbonyl (C=O) groups is 3. The third-order valence-electron chi connectivity index (χ3n) is 5.51. The second-order valence-corrected chi connectivity index (χ2v) is 12.1. The van der Waals surface area contributed by atoms with Crippen LogP contribution in [0.4, 0.5) is 4.79 Å². The molecule has 0 fully saturated rings. The molecule has 0 N–H and O–H groups in total. The minimum Gasteiger partial charge on any atom is -0.465 e. The van der Waals surface area contributed by atoms with Crippen LogP contribution in [0.25, 0.3) is 0 Å². The zero-order chi connectivity index (χ0) is 26.9. The smallest absolute Gasteiger partial charge is 0.348 e. The summed E-state index contributed by atoms with van der Waals surface area (Å²) in [6, 6.07) is 7.65. The molecule has 11 heteroatoms. The zero-order valence-electron chi connectivity index (χ0n) is 20.9. The van der Waals surface area contributed by atoms with Crippen LogP contribution in [0.15, 0.2) is 52.0 Å². The molecule has 7 nitrogen and oxygen atoms in total. The SMILES string of the molecule is COC(=O)c1ccc(CCN2C(=O)SC=CN2CCC(Cc2cc(C#Cc3ccsc3)cs2)OC(C)=O)s1. The second-order valence-electron chi connectivity index (χ2n) is 8.25. The summed E-state index contributed by atoms with van der Waals surface area (Å²) in [6.45, 7) is 2.39. The van der Waals surface area contributed by atoms with E-state index in [9.17, 15) is 14.4 Å². The van der Waals surface area contributed by atoms with Crippen molar-refractivity contribution >= 4 is 63.0 Å². The third kappa shape index (κ3) is 7.98. The van der Waals surface area contributed by atoms with Crippen molar-refractivity contribution in [2.75, 3.05) is 20.2 Å². The Morgan fingerprint density at radius 1 is 1.08 bits per heavy atom. The Hall–Kier alpha value is -3.04. The van der Waals surface area contributed by atoms with Gasteiger partial charge in [0, 0.05) is 77.1 Å². The lowest BCUT2D eigenvalue weighted by Crippen LogP contribution is -2.45. The highest BCUT2D eigenvalue weighted by molar-refractivity contribution is 8.16. The molecule has 38 heavy (non-hydrogen) atoms. The van der Waals surface area contributed by atoms with Gasteiger partial charge in [0.25, 0.3) is 0 Å². The highest BCUT2D eigenvalue weighted by Crippen LogP contribution is 2.24. The largest absolute Gasteiger partial charge is 0.465 e. The Kier molecular flexibility index (Phi) is 10.1. The molecule has 0 spiro atoms. The number of methoxy groups -OCH3 is 1. The summed E-state index contributed by atoms with van der Waals surface area (Å²) in [5.41, 5.74) is 1.94. The first-order chi connectivity index (χ1) is 18.4. The fraction of sp³-hybridized carbons (Fsp3) is 0.296. The monoisotopic (exact) mass is 586 g/mol. The van der Waals surface area contributed by atoms with Crippen molar-refractivity contribution in [3.63, 3.8) is 0 Å². The Balaban J connectivity index is 1.36. The predicted molar refractivity (Wildman–Crippen MR) is 153 cm³/mol. The van der Waals surface area contributed by atoms with E-state index in [1.807, 2.05) is 45.5 Å². The van der Waals surface area contributed by atoms with Crippen LogP contribution in [0, 0.1) is 11.8 Å². The fourth-order valence-corrected chi connectivity index (χ4v) is 6.75. The van der Waals surface area contributed by atoms with E-state index in [1.54, 1.807) is 39.2 Å². The molecule has 4 rings (SSSR count). The number of carbonyl (C=O) groups excluding carboxylic acids is 3. The van der Waals surface area contributed by atoms with Gasteiger partial charge in [-0.15, -0.1) is 22.7 Å². The van der Waals surface area contributed by atoms with E-state index >= 15 is 0 Å². The number of nitrogens with zero attached hydrogens (tertiary/aromatic N) is 2. The van der Waals surface area contributed by atoms with Crippen molar-refractivity contribution in [2.45, 2.75) is 32.3 Å². The Labute approximate surface area is 238 Å². The van der Waals surface area contributed by atoms with Gasteiger partial charge in [0.2, 0.25) is 0 Å². The maximum absolute atomic E-state index is 12.7. The molecule has 0 saturated heterocycles. The predicted octanol–water partition coefficient (Wildman–Crippen LogP) is 6.02. The summed E-state index contributed by atoms with van der Waals surface area (Å²) in [5.74, 6) is 5.65. The average molecular weight is 587 g/mol. The lowest BCUT2D eigenvalue weighted by Gasteiger charge is -2.36. The van der Waals surface area contributed by atoms with Gasteiger partial charge in [0.1, 0.15) is 11.0 Å². The Morgan fingerprint density at radius 2 is 1.92 bits per heavy atom. The van der Waals surface area contributed by atoms with Crippen LogP contribution in [0.5, 0.6) is 0 Å². The van der Waals surface area contributed by atoms with Gasteiger partial charge in [-0.2, -0.15) is 11.3 Å². The standard InChI is InChI=1S/C27H26N2O5S4/c1-19(30)34-22(16-24-15-21(18-37-24)4-3-20-9-13-35-17-20)7-10-28-12-14-36-27(32)29(28)11-8-23-5-6-25(38-23)26(31)33-2/h5-6,9,12-15,17-18,22H,7-8,10-11,16H2,1-2H3. The maximum Gasteiger partial charge on any atom is 0.348 e. The van der Waals surface area contributed by atoms with Gasteiger partial charge in [0.05, 0.1) is 7.11 Å². The number of amides is 1. The molecule has 3 aromatic heterocycles. The molecule has 4 heterocycles. The highest BCUT2D eigenvalue weighted by Gasteiger charge is 2.25. The molecule has 1 aliphatic rings. The van der Waals surface area contributed by atoms with Crippen LogP contribution < -0.4 is 0 Å². The molecule has 1 atom stereocenters. The lowest BCUT2D eigenvalue weighted by molar-refractivity contribution is -0.146. The third-order valence-corrected chi connectivity index (χ3v) is 8.95. The van der Waals surface area contributed by atoms with E-state index in [4.69, 9.17) is 9.47 Å².